The maximum Gasteiger partial charge on any atom is 0.433 e. The molecule has 134 valence electrons. The lowest BCUT2D eigenvalue weighted by Crippen LogP contribution is -2.10. The van der Waals surface area contributed by atoms with Gasteiger partial charge in [-0.3, -0.25) is 0 Å². The Labute approximate surface area is 140 Å². The van der Waals surface area contributed by atoms with Crippen molar-refractivity contribution in [2.75, 3.05) is 21.3 Å². The van der Waals surface area contributed by atoms with Crippen molar-refractivity contribution in [1.82, 2.24) is 9.97 Å². The van der Waals surface area contributed by atoms with Gasteiger partial charge in [0.25, 0.3) is 0 Å². The van der Waals surface area contributed by atoms with Crippen LogP contribution in [0.3, 0.4) is 0 Å². The molecule has 2 aromatic rings. The fourth-order valence-corrected chi connectivity index (χ4v) is 2.19. The average molecular weight is 358 g/mol. The van der Waals surface area contributed by atoms with Gasteiger partial charge in [0.05, 0.1) is 26.9 Å². The van der Waals surface area contributed by atoms with Gasteiger partial charge in [0.15, 0.2) is 17.3 Å². The number of nitrogens with zero attached hydrogens (tertiary/aromatic N) is 2. The van der Waals surface area contributed by atoms with E-state index in [4.69, 9.17) is 14.2 Å². The zero-order valence-electron chi connectivity index (χ0n) is 13.3. The Hall–Kier alpha value is -3.04. The van der Waals surface area contributed by atoms with Crippen LogP contribution in [0.2, 0.25) is 0 Å². The van der Waals surface area contributed by atoms with Crippen molar-refractivity contribution in [2.24, 2.45) is 0 Å². The topological polar surface area (TPSA) is 90.8 Å². The van der Waals surface area contributed by atoms with Crippen molar-refractivity contribution in [3.63, 3.8) is 0 Å². The third-order valence-electron chi connectivity index (χ3n) is 3.22. The standard InChI is InChI=1S/C15H13F3N2O5/c1-23-10-7(13-19-5-4-9(20-13)15(16,17)18)6-8(14(21)22)11(24-2)12(10)25-3/h4-6H,1-3H3,(H,21,22). The quantitative estimate of drug-likeness (QED) is 0.879. The van der Waals surface area contributed by atoms with E-state index in [-0.39, 0.29) is 34.2 Å². The van der Waals surface area contributed by atoms with Crippen LogP contribution in [0.1, 0.15) is 16.1 Å². The lowest BCUT2D eigenvalue weighted by atomic mass is 10.1. The van der Waals surface area contributed by atoms with E-state index < -0.39 is 17.8 Å². The van der Waals surface area contributed by atoms with Crippen LogP contribution in [0.25, 0.3) is 11.4 Å². The van der Waals surface area contributed by atoms with Crippen LogP contribution in [0.15, 0.2) is 18.3 Å². The second-order valence-electron chi connectivity index (χ2n) is 4.64. The van der Waals surface area contributed by atoms with Gasteiger partial charge >= 0.3 is 12.1 Å². The van der Waals surface area contributed by atoms with E-state index in [0.717, 1.165) is 12.3 Å². The summed E-state index contributed by atoms with van der Waals surface area (Å²) >= 11 is 0. The van der Waals surface area contributed by atoms with Crippen LogP contribution in [-0.4, -0.2) is 42.4 Å². The van der Waals surface area contributed by atoms with Gasteiger partial charge in [-0.05, 0) is 12.1 Å². The molecule has 1 heterocycles. The molecule has 0 aliphatic rings. The predicted octanol–water partition coefficient (Wildman–Crippen LogP) is 2.89. The summed E-state index contributed by atoms with van der Waals surface area (Å²) in [4.78, 5) is 18.7. The maximum absolute atomic E-state index is 12.9. The van der Waals surface area contributed by atoms with Crippen molar-refractivity contribution >= 4 is 5.97 Å². The Morgan fingerprint density at radius 2 is 1.68 bits per heavy atom. The lowest BCUT2D eigenvalue weighted by molar-refractivity contribution is -0.141. The van der Waals surface area contributed by atoms with Crippen molar-refractivity contribution in [3.8, 4) is 28.6 Å². The van der Waals surface area contributed by atoms with Gasteiger partial charge in [0, 0.05) is 6.20 Å². The molecule has 0 bridgehead atoms. The molecule has 25 heavy (non-hydrogen) atoms. The van der Waals surface area contributed by atoms with E-state index in [1.807, 2.05) is 0 Å². The molecule has 0 unspecified atom stereocenters. The summed E-state index contributed by atoms with van der Waals surface area (Å²) in [6, 6.07) is 1.77. The summed E-state index contributed by atoms with van der Waals surface area (Å²) in [5, 5.41) is 9.34. The number of aromatic carboxylic acids is 1. The zero-order valence-corrected chi connectivity index (χ0v) is 13.3. The highest BCUT2D eigenvalue weighted by Gasteiger charge is 2.34. The first-order valence-electron chi connectivity index (χ1n) is 6.71. The van der Waals surface area contributed by atoms with Crippen LogP contribution >= 0.6 is 0 Å². The number of carbonyl (C=O) groups is 1. The van der Waals surface area contributed by atoms with Crippen LogP contribution in [0.5, 0.6) is 17.2 Å². The Balaban J connectivity index is 2.81. The molecule has 0 fully saturated rings. The third kappa shape index (κ3) is 3.42. The molecule has 0 atom stereocenters. The smallest absolute Gasteiger partial charge is 0.433 e. The Morgan fingerprint density at radius 1 is 1.08 bits per heavy atom. The van der Waals surface area contributed by atoms with Gasteiger partial charge in [-0.15, -0.1) is 0 Å². The number of alkyl halides is 3. The van der Waals surface area contributed by atoms with Gasteiger partial charge in [-0.2, -0.15) is 13.2 Å². The van der Waals surface area contributed by atoms with E-state index >= 15 is 0 Å². The lowest BCUT2D eigenvalue weighted by Gasteiger charge is -2.17. The van der Waals surface area contributed by atoms with Gasteiger partial charge in [-0.25, -0.2) is 14.8 Å². The first kappa shape index (κ1) is 18.3. The molecule has 0 aliphatic heterocycles. The number of ether oxygens (including phenoxy) is 3. The zero-order chi connectivity index (χ0) is 18.8. The number of hydrogen-bond acceptors (Lipinski definition) is 6. The number of hydrogen-bond donors (Lipinski definition) is 1. The largest absolute Gasteiger partial charge is 0.492 e. The third-order valence-corrected chi connectivity index (χ3v) is 3.22. The second-order valence-corrected chi connectivity index (χ2v) is 4.64. The van der Waals surface area contributed by atoms with Gasteiger partial charge < -0.3 is 19.3 Å². The normalized spacial score (nSPS) is 11.1. The Bertz CT molecular complexity index is 808. The highest BCUT2D eigenvalue weighted by Crippen LogP contribution is 2.46. The molecule has 10 heteroatoms. The molecule has 0 amide bonds. The Morgan fingerprint density at radius 3 is 2.16 bits per heavy atom. The van der Waals surface area contributed by atoms with Crippen LogP contribution < -0.4 is 14.2 Å². The van der Waals surface area contributed by atoms with Crippen molar-refractivity contribution in [1.29, 1.82) is 0 Å². The summed E-state index contributed by atoms with van der Waals surface area (Å²) in [6.45, 7) is 0. The monoisotopic (exact) mass is 358 g/mol. The SMILES string of the molecule is COc1c(C(=O)O)cc(-c2nccc(C(F)(F)F)n2)c(OC)c1OC. The number of benzene rings is 1. The van der Waals surface area contributed by atoms with Gasteiger partial charge in [0.2, 0.25) is 5.75 Å². The summed E-state index contributed by atoms with van der Waals surface area (Å²) < 4.78 is 53.9. The number of rotatable bonds is 5. The second kappa shape index (κ2) is 6.83. The van der Waals surface area contributed by atoms with E-state index in [0.29, 0.717) is 6.07 Å². The summed E-state index contributed by atoms with van der Waals surface area (Å²) in [7, 11) is 3.71. The fraction of sp³-hybridized carbons (Fsp3) is 0.267. The molecule has 2 rings (SSSR count). The van der Waals surface area contributed by atoms with Crippen molar-refractivity contribution in [3.05, 3.63) is 29.6 Å². The van der Waals surface area contributed by atoms with Gasteiger partial charge in [0.1, 0.15) is 11.3 Å². The molecule has 0 saturated heterocycles. The van der Waals surface area contributed by atoms with Crippen LogP contribution in [-0.2, 0) is 6.18 Å². The average Bonchev–Trinajstić information content (AvgIpc) is 2.58. The molecule has 1 aromatic carbocycles. The number of aromatic nitrogens is 2. The number of carboxylic acids is 1. The number of carboxylic acid groups (broad SMARTS) is 1. The molecule has 0 saturated carbocycles. The van der Waals surface area contributed by atoms with Crippen LogP contribution in [0, 0.1) is 0 Å². The molecule has 0 aliphatic carbocycles. The highest BCUT2D eigenvalue weighted by molar-refractivity contribution is 5.95. The predicted molar refractivity (Wildman–Crippen MR) is 79.1 cm³/mol. The molecular formula is C15H13F3N2O5. The molecule has 0 spiro atoms. The molecule has 0 radical (unpaired) electrons. The van der Waals surface area contributed by atoms with E-state index in [1.54, 1.807) is 0 Å². The summed E-state index contributed by atoms with van der Waals surface area (Å²) in [6.07, 6.45) is -3.77. The molecular weight excluding hydrogens is 345 g/mol. The molecule has 1 aromatic heterocycles. The van der Waals surface area contributed by atoms with Crippen LogP contribution in [0.4, 0.5) is 13.2 Å². The molecule has 7 nitrogen and oxygen atoms in total. The minimum Gasteiger partial charge on any atom is -0.492 e. The van der Waals surface area contributed by atoms with E-state index in [9.17, 15) is 23.1 Å². The number of halogens is 3. The van der Waals surface area contributed by atoms with E-state index in [1.165, 1.54) is 21.3 Å². The molecule has 1 N–H and O–H groups in total. The summed E-state index contributed by atoms with van der Waals surface area (Å²) in [5.74, 6) is -2.02. The highest BCUT2D eigenvalue weighted by atomic mass is 19.4. The van der Waals surface area contributed by atoms with Gasteiger partial charge in [-0.1, -0.05) is 0 Å². The minimum atomic E-state index is -4.68. The minimum absolute atomic E-state index is 0.0522. The fourth-order valence-electron chi connectivity index (χ4n) is 2.19. The van der Waals surface area contributed by atoms with Crippen molar-refractivity contribution < 1.29 is 37.3 Å². The Kier molecular flexibility index (Phi) is 5.00. The van der Waals surface area contributed by atoms with E-state index in [2.05, 4.69) is 9.97 Å². The maximum atomic E-state index is 12.9. The number of methoxy groups -OCH3 is 3. The first-order chi connectivity index (χ1) is 11.7. The first-order valence-corrected chi connectivity index (χ1v) is 6.71. The summed E-state index contributed by atoms with van der Waals surface area (Å²) in [5.41, 5.74) is -1.59. The van der Waals surface area contributed by atoms with Crippen molar-refractivity contribution in [2.45, 2.75) is 6.18 Å².